The Morgan fingerprint density at radius 3 is 2.22 bits per heavy atom. The smallest absolute Gasteiger partial charge is 0.181 e. The highest BCUT2D eigenvalue weighted by Crippen LogP contribution is 2.21. The molecule has 3 nitrogen and oxygen atoms in total. The standard InChI is InChI=1S/C14H17N3S/c1-11-10-17(14(18)15-11)13-6-4-12(5-7-13)16-8-2-3-9-16/h4-7,10H,2-3,8-9H2,1H3,(H,15,18). The van der Waals surface area contributed by atoms with Crippen molar-refractivity contribution in [2.75, 3.05) is 18.0 Å². The Labute approximate surface area is 112 Å². The second kappa shape index (κ2) is 4.61. The number of aryl methyl sites for hydroxylation is 1. The second-order valence-corrected chi connectivity index (χ2v) is 5.21. The van der Waals surface area contributed by atoms with Crippen molar-refractivity contribution in [3.63, 3.8) is 0 Å². The van der Waals surface area contributed by atoms with Gasteiger partial charge in [-0.2, -0.15) is 0 Å². The molecule has 2 heterocycles. The van der Waals surface area contributed by atoms with Gasteiger partial charge in [-0.3, -0.25) is 4.57 Å². The van der Waals surface area contributed by atoms with Crippen LogP contribution in [0.3, 0.4) is 0 Å². The van der Waals surface area contributed by atoms with E-state index in [1.807, 2.05) is 17.7 Å². The first kappa shape index (κ1) is 11.5. The van der Waals surface area contributed by atoms with Gasteiger partial charge in [0, 0.05) is 36.4 Å². The number of hydrogen-bond acceptors (Lipinski definition) is 2. The molecule has 0 aliphatic carbocycles. The molecule has 1 aromatic heterocycles. The Morgan fingerprint density at radius 2 is 1.67 bits per heavy atom. The SMILES string of the molecule is Cc1cn(-c2ccc(N3CCCC3)cc2)c(=S)[nH]1. The third-order valence-electron chi connectivity index (χ3n) is 3.44. The molecule has 0 radical (unpaired) electrons. The summed E-state index contributed by atoms with van der Waals surface area (Å²) in [7, 11) is 0. The highest BCUT2D eigenvalue weighted by atomic mass is 32.1. The van der Waals surface area contributed by atoms with Crippen molar-refractivity contribution in [3.05, 3.63) is 40.9 Å². The van der Waals surface area contributed by atoms with Gasteiger partial charge in [0.25, 0.3) is 0 Å². The molecule has 4 heteroatoms. The van der Waals surface area contributed by atoms with Gasteiger partial charge in [0.2, 0.25) is 0 Å². The zero-order valence-corrected chi connectivity index (χ0v) is 11.3. The van der Waals surface area contributed by atoms with Crippen LogP contribution in [-0.2, 0) is 0 Å². The lowest BCUT2D eigenvalue weighted by atomic mass is 10.2. The van der Waals surface area contributed by atoms with Crippen LogP contribution in [0.25, 0.3) is 5.69 Å². The molecule has 0 spiro atoms. The van der Waals surface area contributed by atoms with Gasteiger partial charge in [-0.1, -0.05) is 0 Å². The minimum Gasteiger partial charge on any atom is -0.372 e. The van der Waals surface area contributed by atoms with E-state index in [0.29, 0.717) is 0 Å². The molecule has 0 atom stereocenters. The topological polar surface area (TPSA) is 24.0 Å². The minimum absolute atomic E-state index is 0.751. The van der Waals surface area contributed by atoms with E-state index in [2.05, 4.69) is 34.1 Å². The summed E-state index contributed by atoms with van der Waals surface area (Å²) < 4.78 is 2.76. The molecule has 0 saturated carbocycles. The fraction of sp³-hybridized carbons (Fsp3) is 0.357. The molecule has 1 aromatic carbocycles. The van der Waals surface area contributed by atoms with Crippen LogP contribution in [-0.4, -0.2) is 22.6 Å². The molecule has 0 amide bonds. The molecule has 0 unspecified atom stereocenters. The highest BCUT2D eigenvalue weighted by molar-refractivity contribution is 7.71. The third kappa shape index (κ3) is 2.08. The Hall–Kier alpha value is -1.55. The average molecular weight is 259 g/mol. The molecule has 3 rings (SSSR count). The molecule has 1 fully saturated rings. The number of benzene rings is 1. The Balaban J connectivity index is 1.91. The maximum Gasteiger partial charge on any atom is 0.181 e. The molecular formula is C14H17N3S. The van der Waals surface area contributed by atoms with Crippen LogP contribution in [0.1, 0.15) is 18.5 Å². The summed E-state index contributed by atoms with van der Waals surface area (Å²) in [6, 6.07) is 8.64. The molecular weight excluding hydrogens is 242 g/mol. The Morgan fingerprint density at radius 1 is 1.06 bits per heavy atom. The van der Waals surface area contributed by atoms with Crippen LogP contribution in [0.15, 0.2) is 30.5 Å². The fourth-order valence-electron chi connectivity index (χ4n) is 2.50. The van der Waals surface area contributed by atoms with Crippen molar-refractivity contribution >= 4 is 17.9 Å². The van der Waals surface area contributed by atoms with Gasteiger partial charge in [-0.05, 0) is 56.2 Å². The van der Waals surface area contributed by atoms with Gasteiger partial charge in [-0.15, -0.1) is 0 Å². The number of aromatic amines is 1. The molecule has 2 aromatic rings. The van der Waals surface area contributed by atoms with Crippen molar-refractivity contribution in [2.45, 2.75) is 19.8 Å². The summed E-state index contributed by atoms with van der Waals surface area (Å²) in [5.41, 5.74) is 3.52. The number of nitrogens with one attached hydrogen (secondary N) is 1. The predicted molar refractivity (Wildman–Crippen MR) is 77.1 cm³/mol. The monoisotopic (exact) mass is 259 g/mol. The van der Waals surface area contributed by atoms with E-state index in [4.69, 9.17) is 12.2 Å². The highest BCUT2D eigenvalue weighted by Gasteiger charge is 2.12. The fourth-order valence-corrected chi connectivity index (χ4v) is 2.82. The van der Waals surface area contributed by atoms with E-state index < -0.39 is 0 Å². The Bertz CT molecular complexity index is 588. The first-order valence-electron chi connectivity index (χ1n) is 6.38. The van der Waals surface area contributed by atoms with E-state index in [1.54, 1.807) is 0 Å². The van der Waals surface area contributed by atoms with Crippen molar-refractivity contribution in [1.29, 1.82) is 0 Å². The number of rotatable bonds is 2. The normalized spacial score (nSPS) is 15.3. The maximum absolute atomic E-state index is 5.29. The van der Waals surface area contributed by atoms with Gasteiger partial charge in [0.1, 0.15) is 0 Å². The van der Waals surface area contributed by atoms with Gasteiger partial charge in [-0.25, -0.2) is 0 Å². The zero-order chi connectivity index (χ0) is 12.5. The number of hydrogen-bond donors (Lipinski definition) is 1. The van der Waals surface area contributed by atoms with Crippen LogP contribution in [0, 0.1) is 11.7 Å². The van der Waals surface area contributed by atoms with Crippen molar-refractivity contribution in [3.8, 4) is 5.69 Å². The lowest BCUT2D eigenvalue weighted by Crippen LogP contribution is -2.17. The number of anilines is 1. The van der Waals surface area contributed by atoms with Gasteiger partial charge in [0.05, 0.1) is 0 Å². The number of nitrogens with zero attached hydrogens (tertiary/aromatic N) is 2. The van der Waals surface area contributed by atoms with Crippen LogP contribution >= 0.6 is 12.2 Å². The first-order valence-corrected chi connectivity index (χ1v) is 6.78. The van der Waals surface area contributed by atoms with Crippen molar-refractivity contribution in [1.82, 2.24) is 9.55 Å². The maximum atomic E-state index is 5.29. The molecule has 1 N–H and O–H groups in total. The van der Waals surface area contributed by atoms with E-state index in [-0.39, 0.29) is 0 Å². The van der Waals surface area contributed by atoms with Crippen molar-refractivity contribution < 1.29 is 0 Å². The molecule has 0 bridgehead atoms. The molecule has 1 saturated heterocycles. The van der Waals surface area contributed by atoms with Gasteiger partial charge in [0.15, 0.2) is 4.77 Å². The van der Waals surface area contributed by atoms with Crippen molar-refractivity contribution in [2.24, 2.45) is 0 Å². The van der Waals surface area contributed by atoms with Crippen LogP contribution < -0.4 is 4.90 Å². The van der Waals surface area contributed by atoms with E-state index in [9.17, 15) is 0 Å². The summed E-state index contributed by atoms with van der Waals surface area (Å²) >= 11 is 5.29. The minimum atomic E-state index is 0.751. The quantitative estimate of drug-likeness (QED) is 0.835. The summed E-state index contributed by atoms with van der Waals surface area (Å²) in [4.78, 5) is 5.58. The van der Waals surface area contributed by atoms with E-state index >= 15 is 0 Å². The second-order valence-electron chi connectivity index (χ2n) is 4.82. The Kier molecular flexibility index (Phi) is 2.96. The molecule has 18 heavy (non-hydrogen) atoms. The first-order chi connectivity index (χ1) is 8.74. The predicted octanol–water partition coefficient (Wildman–Crippen LogP) is 3.44. The van der Waals surface area contributed by atoms with Crippen LogP contribution in [0.4, 0.5) is 5.69 Å². The largest absolute Gasteiger partial charge is 0.372 e. The van der Waals surface area contributed by atoms with Crippen LogP contribution in [0.5, 0.6) is 0 Å². The lowest BCUT2D eigenvalue weighted by molar-refractivity contribution is 0.949. The lowest BCUT2D eigenvalue weighted by Gasteiger charge is -2.17. The van der Waals surface area contributed by atoms with Crippen LogP contribution in [0.2, 0.25) is 0 Å². The number of aromatic nitrogens is 2. The van der Waals surface area contributed by atoms with Gasteiger partial charge >= 0.3 is 0 Å². The summed E-state index contributed by atoms with van der Waals surface area (Å²) in [6.07, 6.45) is 4.65. The third-order valence-corrected chi connectivity index (χ3v) is 3.74. The van der Waals surface area contributed by atoms with Gasteiger partial charge < -0.3 is 9.88 Å². The average Bonchev–Trinajstić information content (AvgIpc) is 2.99. The number of H-pyrrole nitrogens is 1. The van der Waals surface area contributed by atoms with E-state index in [1.165, 1.54) is 31.6 Å². The number of imidazole rings is 1. The molecule has 94 valence electrons. The molecule has 1 aliphatic heterocycles. The summed E-state index contributed by atoms with van der Waals surface area (Å²) in [6.45, 7) is 4.38. The summed E-state index contributed by atoms with van der Waals surface area (Å²) in [5.74, 6) is 0. The summed E-state index contributed by atoms with van der Waals surface area (Å²) in [5, 5.41) is 0. The zero-order valence-electron chi connectivity index (χ0n) is 10.5. The molecule has 1 aliphatic rings. The van der Waals surface area contributed by atoms with E-state index in [0.717, 1.165) is 16.2 Å².